The summed E-state index contributed by atoms with van der Waals surface area (Å²) in [4.78, 5) is 0. The van der Waals surface area contributed by atoms with Crippen LogP contribution in [0, 0.1) is 11.6 Å². The van der Waals surface area contributed by atoms with Crippen LogP contribution in [0.15, 0.2) is 42.5 Å². The molecule has 0 heterocycles. The molecule has 0 radical (unpaired) electrons. The first-order valence-corrected chi connectivity index (χ1v) is 6.52. The molecule has 0 aromatic heterocycles. The van der Waals surface area contributed by atoms with E-state index < -0.39 is 17.7 Å². The number of benzene rings is 2. The Bertz CT molecular complexity index is 597. The number of aliphatic hydroxyl groups excluding tert-OH is 1. The van der Waals surface area contributed by atoms with Gasteiger partial charge in [0.1, 0.15) is 17.7 Å². The molecule has 0 bridgehead atoms. The summed E-state index contributed by atoms with van der Waals surface area (Å²) < 4.78 is 26.5. The first-order valence-electron chi connectivity index (χ1n) is 6.52. The molecule has 0 aliphatic rings. The molecule has 0 saturated heterocycles. The van der Waals surface area contributed by atoms with Gasteiger partial charge in [-0.25, -0.2) is 8.78 Å². The van der Waals surface area contributed by atoms with Crippen LogP contribution in [0.2, 0.25) is 0 Å². The van der Waals surface area contributed by atoms with E-state index in [1.807, 2.05) is 12.1 Å². The molecule has 0 spiro atoms. The molecule has 3 heteroatoms. The van der Waals surface area contributed by atoms with Crippen molar-refractivity contribution in [2.45, 2.75) is 32.3 Å². The lowest BCUT2D eigenvalue weighted by atomic mass is 9.86. The molecule has 0 fully saturated rings. The SMILES string of the molecule is CC(C)(C)c1ccc(C(O)c2ccc(F)cc2F)cc1. The van der Waals surface area contributed by atoms with Gasteiger partial charge in [0.15, 0.2) is 0 Å². The highest BCUT2D eigenvalue weighted by atomic mass is 19.1. The highest BCUT2D eigenvalue weighted by Gasteiger charge is 2.17. The molecule has 2 aromatic rings. The molecule has 2 rings (SSSR count). The van der Waals surface area contributed by atoms with Gasteiger partial charge in [-0.15, -0.1) is 0 Å². The maximum Gasteiger partial charge on any atom is 0.132 e. The largest absolute Gasteiger partial charge is 0.384 e. The van der Waals surface area contributed by atoms with E-state index >= 15 is 0 Å². The van der Waals surface area contributed by atoms with Crippen molar-refractivity contribution in [3.63, 3.8) is 0 Å². The molecule has 1 atom stereocenters. The Kier molecular flexibility index (Phi) is 3.91. The molecule has 0 aliphatic carbocycles. The van der Waals surface area contributed by atoms with Crippen LogP contribution in [0.3, 0.4) is 0 Å². The number of hydrogen-bond donors (Lipinski definition) is 1. The number of halogens is 2. The maximum absolute atomic E-state index is 13.7. The normalized spacial score (nSPS) is 13.3. The lowest BCUT2D eigenvalue weighted by molar-refractivity contribution is 0.214. The molecule has 1 nitrogen and oxygen atoms in total. The van der Waals surface area contributed by atoms with E-state index in [9.17, 15) is 13.9 Å². The lowest BCUT2D eigenvalue weighted by Crippen LogP contribution is -2.11. The van der Waals surface area contributed by atoms with Gasteiger partial charge < -0.3 is 5.11 Å². The first-order chi connectivity index (χ1) is 9.29. The standard InChI is InChI=1S/C17H18F2O/c1-17(2,3)12-6-4-11(5-7-12)16(20)14-9-8-13(18)10-15(14)19/h4-10,16,20H,1-3H3. The van der Waals surface area contributed by atoms with E-state index in [1.165, 1.54) is 6.07 Å². The van der Waals surface area contributed by atoms with Crippen molar-refractivity contribution in [1.82, 2.24) is 0 Å². The summed E-state index contributed by atoms with van der Waals surface area (Å²) in [5, 5.41) is 10.2. The van der Waals surface area contributed by atoms with Crippen molar-refractivity contribution < 1.29 is 13.9 Å². The van der Waals surface area contributed by atoms with Crippen LogP contribution >= 0.6 is 0 Å². The van der Waals surface area contributed by atoms with Crippen LogP contribution in [0.5, 0.6) is 0 Å². The zero-order valence-electron chi connectivity index (χ0n) is 11.8. The summed E-state index contributed by atoms with van der Waals surface area (Å²) in [6.07, 6.45) is -1.09. The predicted octanol–water partition coefficient (Wildman–Crippen LogP) is 4.34. The smallest absolute Gasteiger partial charge is 0.132 e. The Morgan fingerprint density at radius 3 is 2.05 bits per heavy atom. The fourth-order valence-electron chi connectivity index (χ4n) is 2.07. The minimum Gasteiger partial charge on any atom is -0.384 e. The minimum atomic E-state index is -1.09. The Balaban J connectivity index is 2.31. The second kappa shape index (κ2) is 5.33. The molecule has 1 unspecified atom stereocenters. The van der Waals surface area contributed by atoms with Gasteiger partial charge in [-0.1, -0.05) is 51.1 Å². The van der Waals surface area contributed by atoms with Gasteiger partial charge in [0.05, 0.1) is 0 Å². The van der Waals surface area contributed by atoms with Crippen LogP contribution in [-0.2, 0) is 5.41 Å². The maximum atomic E-state index is 13.7. The van der Waals surface area contributed by atoms with Crippen molar-refractivity contribution in [3.8, 4) is 0 Å². The van der Waals surface area contributed by atoms with Crippen molar-refractivity contribution >= 4 is 0 Å². The van der Waals surface area contributed by atoms with Crippen molar-refractivity contribution in [1.29, 1.82) is 0 Å². The van der Waals surface area contributed by atoms with Crippen LogP contribution in [0.1, 0.15) is 43.6 Å². The predicted molar refractivity (Wildman–Crippen MR) is 75.6 cm³/mol. The summed E-state index contributed by atoms with van der Waals surface area (Å²) in [7, 11) is 0. The van der Waals surface area contributed by atoms with E-state index in [1.54, 1.807) is 12.1 Å². The van der Waals surface area contributed by atoms with Gasteiger partial charge in [0, 0.05) is 11.6 Å². The van der Waals surface area contributed by atoms with Crippen molar-refractivity contribution in [3.05, 3.63) is 70.8 Å². The average molecular weight is 276 g/mol. The highest BCUT2D eigenvalue weighted by molar-refractivity contribution is 5.34. The van der Waals surface area contributed by atoms with Crippen LogP contribution in [0.4, 0.5) is 8.78 Å². The molecule has 0 aliphatic heterocycles. The average Bonchev–Trinajstić information content (AvgIpc) is 2.37. The highest BCUT2D eigenvalue weighted by Crippen LogP contribution is 2.28. The van der Waals surface area contributed by atoms with E-state index in [4.69, 9.17) is 0 Å². The Hall–Kier alpha value is -1.74. The minimum absolute atomic E-state index is 0.0185. The number of rotatable bonds is 2. The molecular weight excluding hydrogens is 258 g/mol. The second-order valence-corrected chi connectivity index (χ2v) is 5.94. The fraction of sp³-hybridized carbons (Fsp3) is 0.294. The van der Waals surface area contributed by atoms with Crippen LogP contribution < -0.4 is 0 Å². The summed E-state index contributed by atoms with van der Waals surface area (Å²) >= 11 is 0. The first kappa shape index (κ1) is 14.7. The van der Waals surface area contributed by atoms with E-state index in [2.05, 4.69) is 20.8 Å². The van der Waals surface area contributed by atoms with E-state index in [0.717, 1.165) is 17.7 Å². The monoisotopic (exact) mass is 276 g/mol. The molecule has 106 valence electrons. The number of aliphatic hydroxyl groups is 1. The number of hydrogen-bond acceptors (Lipinski definition) is 1. The summed E-state index contributed by atoms with van der Waals surface area (Å²) in [5.74, 6) is -1.39. The Morgan fingerprint density at radius 1 is 0.950 bits per heavy atom. The molecule has 20 heavy (non-hydrogen) atoms. The fourth-order valence-corrected chi connectivity index (χ4v) is 2.07. The van der Waals surface area contributed by atoms with Crippen LogP contribution in [-0.4, -0.2) is 5.11 Å². The summed E-state index contributed by atoms with van der Waals surface area (Å²) in [5.41, 5.74) is 1.82. The molecule has 2 aromatic carbocycles. The molecule has 0 saturated carbocycles. The third-order valence-electron chi connectivity index (χ3n) is 3.35. The molecule has 1 N–H and O–H groups in total. The lowest BCUT2D eigenvalue weighted by Gasteiger charge is -2.20. The van der Waals surface area contributed by atoms with E-state index in [-0.39, 0.29) is 11.0 Å². The van der Waals surface area contributed by atoms with E-state index in [0.29, 0.717) is 5.56 Å². The Labute approximate surface area is 117 Å². The Morgan fingerprint density at radius 2 is 1.55 bits per heavy atom. The summed E-state index contributed by atoms with van der Waals surface area (Å²) in [6.45, 7) is 6.29. The third kappa shape index (κ3) is 3.05. The van der Waals surface area contributed by atoms with Gasteiger partial charge in [-0.05, 0) is 22.6 Å². The third-order valence-corrected chi connectivity index (χ3v) is 3.35. The van der Waals surface area contributed by atoms with Gasteiger partial charge in [0.2, 0.25) is 0 Å². The zero-order chi connectivity index (χ0) is 14.9. The summed E-state index contributed by atoms with van der Waals surface area (Å²) in [6, 6.07) is 10.6. The zero-order valence-corrected chi connectivity index (χ0v) is 11.8. The van der Waals surface area contributed by atoms with Crippen molar-refractivity contribution in [2.24, 2.45) is 0 Å². The quantitative estimate of drug-likeness (QED) is 0.865. The molecule has 0 amide bonds. The van der Waals surface area contributed by atoms with Gasteiger partial charge >= 0.3 is 0 Å². The molecular formula is C17H18F2O. The van der Waals surface area contributed by atoms with Gasteiger partial charge in [0.25, 0.3) is 0 Å². The van der Waals surface area contributed by atoms with Crippen LogP contribution in [0.25, 0.3) is 0 Å². The van der Waals surface area contributed by atoms with Gasteiger partial charge in [-0.3, -0.25) is 0 Å². The second-order valence-electron chi connectivity index (χ2n) is 5.94. The van der Waals surface area contributed by atoms with Crippen molar-refractivity contribution in [2.75, 3.05) is 0 Å². The topological polar surface area (TPSA) is 20.2 Å². The van der Waals surface area contributed by atoms with Gasteiger partial charge in [-0.2, -0.15) is 0 Å².